The first-order valence-corrected chi connectivity index (χ1v) is 7.63. The minimum atomic E-state index is -0.641. The second-order valence-corrected chi connectivity index (χ2v) is 5.71. The zero-order valence-corrected chi connectivity index (χ0v) is 13.6. The molecular formula is C17H10Cl2FNO3. The van der Waals surface area contributed by atoms with Gasteiger partial charge in [-0.2, -0.15) is 0 Å². The maximum Gasteiger partial charge on any atom is 0.340 e. The Hall–Kier alpha value is -2.37. The van der Waals surface area contributed by atoms with Gasteiger partial charge in [-0.05, 0) is 30.3 Å². The molecule has 0 N–H and O–H groups in total. The summed E-state index contributed by atoms with van der Waals surface area (Å²) in [4.78, 5) is 12.0. The number of esters is 1. The smallest absolute Gasteiger partial charge is 0.340 e. The highest BCUT2D eigenvalue weighted by Crippen LogP contribution is 2.24. The van der Waals surface area contributed by atoms with Crippen molar-refractivity contribution in [3.05, 3.63) is 75.7 Å². The van der Waals surface area contributed by atoms with Gasteiger partial charge in [-0.25, -0.2) is 9.18 Å². The normalized spacial score (nSPS) is 10.6. The molecule has 2 aromatic carbocycles. The molecule has 3 rings (SSSR count). The third-order valence-corrected chi connectivity index (χ3v) is 3.76. The summed E-state index contributed by atoms with van der Waals surface area (Å²) >= 11 is 11.8. The summed E-state index contributed by atoms with van der Waals surface area (Å²) in [6, 6.07) is 12.1. The second kappa shape index (κ2) is 7.03. The minimum Gasteiger partial charge on any atom is -0.455 e. The molecule has 24 heavy (non-hydrogen) atoms. The van der Waals surface area contributed by atoms with Gasteiger partial charge in [-0.15, -0.1) is 0 Å². The Morgan fingerprint density at radius 1 is 1.17 bits per heavy atom. The van der Waals surface area contributed by atoms with E-state index in [1.807, 2.05) is 0 Å². The second-order valence-electron chi connectivity index (χ2n) is 4.86. The standard InChI is InChI=1S/C17H10Cl2FNO3/c18-10-5-6-14(19)13(7-10)17(22)23-9-11-8-16(24-21-11)12-3-1-2-4-15(12)20/h1-8H,9H2. The van der Waals surface area contributed by atoms with Crippen LogP contribution in [0.3, 0.4) is 0 Å². The van der Waals surface area contributed by atoms with Crippen LogP contribution in [0.2, 0.25) is 10.0 Å². The van der Waals surface area contributed by atoms with E-state index >= 15 is 0 Å². The summed E-state index contributed by atoms with van der Waals surface area (Å²) in [7, 11) is 0. The lowest BCUT2D eigenvalue weighted by Crippen LogP contribution is -2.06. The van der Waals surface area contributed by atoms with E-state index in [4.69, 9.17) is 32.5 Å². The maximum atomic E-state index is 13.7. The van der Waals surface area contributed by atoms with Gasteiger partial charge in [0.2, 0.25) is 0 Å². The summed E-state index contributed by atoms with van der Waals surface area (Å²) in [5.41, 5.74) is 0.780. The molecule has 122 valence electrons. The van der Waals surface area contributed by atoms with Crippen LogP contribution in [0.25, 0.3) is 11.3 Å². The lowest BCUT2D eigenvalue weighted by Gasteiger charge is -2.04. The number of aromatic nitrogens is 1. The molecule has 0 saturated heterocycles. The predicted octanol–water partition coefficient (Wildman–Crippen LogP) is 5.14. The molecule has 0 radical (unpaired) electrons. The summed E-state index contributed by atoms with van der Waals surface area (Å²) in [6.45, 7) is -0.139. The molecule has 1 heterocycles. The topological polar surface area (TPSA) is 52.3 Å². The maximum absolute atomic E-state index is 13.7. The van der Waals surface area contributed by atoms with Gasteiger partial charge in [0.1, 0.15) is 18.1 Å². The number of ether oxygens (including phenoxy) is 1. The molecule has 0 amide bonds. The first-order valence-electron chi connectivity index (χ1n) is 6.87. The molecular weight excluding hydrogens is 356 g/mol. The number of carbonyl (C=O) groups is 1. The average molecular weight is 366 g/mol. The van der Waals surface area contributed by atoms with Crippen molar-refractivity contribution in [1.82, 2.24) is 5.16 Å². The third-order valence-electron chi connectivity index (χ3n) is 3.20. The highest BCUT2D eigenvalue weighted by atomic mass is 35.5. The van der Waals surface area contributed by atoms with E-state index in [-0.39, 0.29) is 28.5 Å². The van der Waals surface area contributed by atoms with E-state index in [2.05, 4.69) is 5.16 Å². The molecule has 0 unspecified atom stereocenters. The number of hydrogen-bond acceptors (Lipinski definition) is 4. The zero-order valence-electron chi connectivity index (χ0n) is 12.1. The van der Waals surface area contributed by atoms with Crippen molar-refractivity contribution in [3.8, 4) is 11.3 Å². The molecule has 3 aromatic rings. The van der Waals surface area contributed by atoms with Gasteiger partial charge in [0.05, 0.1) is 16.1 Å². The van der Waals surface area contributed by atoms with Gasteiger partial charge < -0.3 is 9.26 Å². The monoisotopic (exact) mass is 365 g/mol. The van der Waals surface area contributed by atoms with E-state index in [9.17, 15) is 9.18 Å². The Balaban J connectivity index is 1.71. The van der Waals surface area contributed by atoms with Crippen LogP contribution in [0.4, 0.5) is 4.39 Å². The Kier molecular flexibility index (Phi) is 4.83. The van der Waals surface area contributed by atoms with Gasteiger partial charge in [-0.3, -0.25) is 0 Å². The molecule has 0 aliphatic carbocycles. The highest BCUT2D eigenvalue weighted by Gasteiger charge is 2.15. The average Bonchev–Trinajstić information content (AvgIpc) is 3.04. The van der Waals surface area contributed by atoms with E-state index in [0.717, 1.165) is 0 Å². The van der Waals surface area contributed by atoms with Crippen LogP contribution < -0.4 is 0 Å². The fraction of sp³-hybridized carbons (Fsp3) is 0.0588. The van der Waals surface area contributed by atoms with Crippen LogP contribution >= 0.6 is 23.2 Å². The molecule has 7 heteroatoms. The zero-order chi connectivity index (χ0) is 17.1. The molecule has 1 aromatic heterocycles. The molecule has 0 aliphatic rings. The van der Waals surface area contributed by atoms with Gasteiger partial charge in [0.25, 0.3) is 0 Å². The van der Waals surface area contributed by atoms with Crippen LogP contribution in [0, 0.1) is 5.82 Å². The fourth-order valence-corrected chi connectivity index (χ4v) is 2.41. The van der Waals surface area contributed by atoms with Crippen LogP contribution in [0.15, 0.2) is 53.1 Å². The SMILES string of the molecule is O=C(OCc1cc(-c2ccccc2F)on1)c1cc(Cl)ccc1Cl. The Labute approximate surface area is 146 Å². The first-order chi connectivity index (χ1) is 11.5. The quantitative estimate of drug-likeness (QED) is 0.600. The van der Waals surface area contributed by atoms with E-state index in [1.165, 1.54) is 24.3 Å². The molecule has 0 fully saturated rings. The number of benzene rings is 2. The van der Waals surface area contributed by atoms with Crippen LogP contribution in [-0.4, -0.2) is 11.1 Å². The number of hydrogen-bond donors (Lipinski definition) is 0. The van der Waals surface area contributed by atoms with Crippen LogP contribution in [-0.2, 0) is 11.3 Å². The highest BCUT2D eigenvalue weighted by molar-refractivity contribution is 6.35. The Morgan fingerprint density at radius 2 is 1.96 bits per heavy atom. The molecule has 0 spiro atoms. The van der Waals surface area contributed by atoms with Crippen LogP contribution in [0.5, 0.6) is 0 Å². The number of halogens is 3. The molecule has 0 aliphatic heterocycles. The summed E-state index contributed by atoms with van der Waals surface area (Å²) < 4.78 is 23.9. The Morgan fingerprint density at radius 3 is 2.75 bits per heavy atom. The van der Waals surface area contributed by atoms with Crippen molar-refractivity contribution >= 4 is 29.2 Å². The first kappa shape index (κ1) is 16.5. The van der Waals surface area contributed by atoms with E-state index in [0.29, 0.717) is 10.7 Å². The third kappa shape index (κ3) is 3.58. The fourth-order valence-electron chi connectivity index (χ4n) is 2.04. The number of rotatable bonds is 4. The molecule has 4 nitrogen and oxygen atoms in total. The van der Waals surface area contributed by atoms with Crippen molar-refractivity contribution in [3.63, 3.8) is 0 Å². The van der Waals surface area contributed by atoms with E-state index < -0.39 is 11.8 Å². The lowest BCUT2D eigenvalue weighted by atomic mass is 10.1. The lowest BCUT2D eigenvalue weighted by molar-refractivity contribution is 0.0464. The van der Waals surface area contributed by atoms with Crippen LogP contribution in [0.1, 0.15) is 16.1 Å². The van der Waals surface area contributed by atoms with Gasteiger partial charge >= 0.3 is 5.97 Å². The minimum absolute atomic E-state index is 0.139. The molecule has 0 saturated carbocycles. The van der Waals surface area contributed by atoms with Crippen molar-refractivity contribution in [1.29, 1.82) is 0 Å². The number of carbonyl (C=O) groups excluding carboxylic acids is 1. The van der Waals surface area contributed by atoms with E-state index in [1.54, 1.807) is 24.3 Å². The summed E-state index contributed by atoms with van der Waals surface area (Å²) in [5, 5.41) is 4.36. The summed E-state index contributed by atoms with van der Waals surface area (Å²) in [6.07, 6.45) is 0. The van der Waals surface area contributed by atoms with Crippen molar-refractivity contribution in [2.45, 2.75) is 6.61 Å². The predicted molar refractivity (Wildman–Crippen MR) is 87.5 cm³/mol. The molecule has 0 atom stereocenters. The van der Waals surface area contributed by atoms with Gasteiger partial charge in [-0.1, -0.05) is 40.5 Å². The molecule has 0 bridgehead atoms. The van der Waals surface area contributed by atoms with Gasteiger partial charge in [0, 0.05) is 11.1 Å². The van der Waals surface area contributed by atoms with Crippen molar-refractivity contribution in [2.75, 3.05) is 0 Å². The summed E-state index contributed by atoms with van der Waals surface area (Å²) in [5.74, 6) is -0.819. The largest absolute Gasteiger partial charge is 0.455 e. The van der Waals surface area contributed by atoms with Crippen molar-refractivity contribution in [2.24, 2.45) is 0 Å². The Bertz CT molecular complexity index is 895. The van der Waals surface area contributed by atoms with Gasteiger partial charge in [0.15, 0.2) is 5.76 Å². The van der Waals surface area contributed by atoms with Crippen molar-refractivity contribution < 1.29 is 18.4 Å². The number of nitrogens with zero attached hydrogens (tertiary/aromatic N) is 1.